The third-order valence-corrected chi connectivity index (χ3v) is 2.70. The Bertz CT molecular complexity index is 359. The number of hydrogen-bond acceptors (Lipinski definition) is 5. The van der Waals surface area contributed by atoms with E-state index in [0.29, 0.717) is 26.4 Å². The molecule has 0 saturated carbocycles. The zero-order valence-electron chi connectivity index (χ0n) is 10.4. The maximum atomic E-state index is 10.3. The lowest BCUT2D eigenvalue weighted by Gasteiger charge is -2.04. The van der Waals surface area contributed by atoms with Crippen LogP contribution in [0.25, 0.3) is 0 Å². The lowest BCUT2D eigenvalue weighted by Crippen LogP contribution is -2.12. The summed E-state index contributed by atoms with van der Waals surface area (Å²) in [6.07, 6.45) is 2.78. The van der Waals surface area contributed by atoms with Crippen LogP contribution in [0.15, 0.2) is 6.20 Å². The van der Waals surface area contributed by atoms with E-state index in [0.717, 1.165) is 12.1 Å². The molecule has 1 rings (SSSR count). The molecule has 0 fully saturated rings. The van der Waals surface area contributed by atoms with Crippen molar-refractivity contribution in [1.82, 2.24) is 15.0 Å². The Balaban J connectivity index is 1.94. The Morgan fingerprint density at radius 2 is 2.06 bits per heavy atom. The fourth-order valence-corrected chi connectivity index (χ4v) is 1.48. The van der Waals surface area contributed by atoms with Crippen molar-refractivity contribution in [3.05, 3.63) is 11.9 Å². The summed E-state index contributed by atoms with van der Waals surface area (Å²) in [6, 6.07) is 0. The number of aromatic nitrogens is 3. The quantitative estimate of drug-likeness (QED) is 0.482. The third-order valence-electron chi connectivity index (χ3n) is 2.19. The van der Waals surface area contributed by atoms with Gasteiger partial charge in [0.05, 0.1) is 44.4 Å². The van der Waals surface area contributed by atoms with Crippen LogP contribution in [0.2, 0.25) is 0 Å². The van der Waals surface area contributed by atoms with E-state index in [1.165, 1.54) is 0 Å². The van der Waals surface area contributed by atoms with E-state index in [1.807, 2.05) is 13.1 Å². The highest BCUT2D eigenvalue weighted by atomic mass is 32.2. The van der Waals surface area contributed by atoms with Gasteiger partial charge in [-0.05, 0) is 6.42 Å². The molecule has 1 heterocycles. The van der Waals surface area contributed by atoms with Gasteiger partial charge >= 0.3 is 0 Å². The van der Waals surface area contributed by atoms with Crippen LogP contribution in [0.4, 0.5) is 0 Å². The molecule has 0 aliphatic heterocycles. The van der Waals surface area contributed by atoms with Crippen molar-refractivity contribution in [2.75, 3.05) is 32.2 Å². The molecule has 1 atom stereocenters. The van der Waals surface area contributed by atoms with Crippen LogP contribution >= 0.6 is 0 Å². The molecule has 1 aromatic rings. The van der Waals surface area contributed by atoms with Crippen LogP contribution in [0.1, 0.15) is 12.6 Å². The van der Waals surface area contributed by atoms with Crippen LogP contribution < -0.4 is 0 Å². The molecule has 18 heavy (non-hydrogen) atoms. The Morgan fingerprint density at radius 3 is 2.67 bits per heavy atom. The van der Waals surface area contributed by atoms with Gasteiger partial charge in [-0.25, -0.2) is 8.89 Å². The van der Waals surface area contributed by atoms with Gasteiger partial charge in [0, 0.05) is 6.20 Å². The number of nitrogens with zero attached hydrogens (tertiary/aromatic N) is 3. The van der Waals surface area contributed by atoms with E-state index in [4.69, 9.17) is 14.0 Å². The largest absolute Gasteiger partial charge is 0.378 e. The summed E-state index contributed by atoms with van der Waals surface area (Å²) in [4.78, 5) is 0. The molecule has 8 heteroatoms. The molecule has 0 aromatic carbocycles. The predicted molar refractivity (Wildman–Crippen MR) is 66.7 cm³/mol. The average molecular weight is 277 g/mol. The fourth-order valence-electron chi connectivity index (χ4n) is 1.22. The first kappa shape index (κ1) is 15.2. The molecule has 0 amide bonds. The van der Waals surface area contributed by atoms with Crippen molar-refractivity contribution in [3.63, 3.8) is 0 Å². The van der Waals surface area contributed by atoms with Gasteiger partial charge in [-0.2, -0.15) is 0 Å². The topological polar surface area (TPSA) is 86.5 Å². The predicted octanol–water partition coefficient (Wildman–Crippen LogP) is 0.0954. The summed E-state index contributed by atoms with van der Waals surface area (Å²) in [5, 5.41) is 7.92. The molecular weight excluding hydrogens is 258 g/mol. The summed E-state index contributed by atoms with van der Waals surface area (Å²) in [5.41, 5.74) is 0.968. The van der Waals surface area contributed by atoms with E-state index >= 15 is 0 Å². The summed E-state index contributed by atoms with van der Waals surface area (Å²) >= 11 is -1.78. The van der Waals surface area contributed by atoms with Gasteiger partial charge in [-0.15, -0.1) is 5.10 Å². The van der Waals surface area contributed by atoms with Crippen LogP contribution in [-0.2, 0) is 33.5 Å². The van der Waals surface area contributed by atoms with Gasteiger partial charge in [0.1, 0.15) is 0 Å². The highest BCUT2D eigenvalue weighted by molar-refractivity contribution is 7.79. The van der Waals surface area contributed by atoms with E-state index in [-0.39, 0.29) is 12.4 Å². The zero-order chi connectivity index (χ0) is 13.2. The molecule has 1 unspecified atom stereocenters. The first-order valence-corrected chi connectivity index (χ1v) is 7.12. The Labute approximate surface area is 109 Å². The zero-order valence-corrected chi connectivity index (χ0v) is 11.3. The molecule has 0 aliphatic carbocycles. The molecule has 0 bridgehead atoms. The minimum Gasteiger partial charge on any atom is -0.378 e. The molecule has 0 spiro atoms. The SMILES string of the molecule is CCc1cn(CCOCCOCCS(=O)O)nn1. The van der Waals surface area contributed by atoms with Crippen molar-refractivity contribution in [2.24, 2.45) is 0 Å². The summed E-state index contributed by atoms with van der Waals surface area (Å²) in [6.45, 7) is 4.40. The standard InChI is InChI=1S/C10H19N3O4S/c1-2-10-9-13(12-11-10)3-4-16-5-6-17-7-8-18(14)15/h9H,2-8H2,1H3,(H,14,15). The van der Waals surface area contributed by atoms with Crippen LogP contribution in [0, 0.1) is 0 Å². The van der Waals surface area contributed by atoms with Crippen LogP contribution in [-0.4, -0.2) is 55.9 Å². The summed E-state index contributed by atoms with van der Waals surface area (Å²) in [5.74, 6) is 0.138. The van der Waals surface area contributed by atoms with Crippen molar-refractivity contribution in [3.8, 4) is 0 Å². The van der Waals surface area contributed by atoms with Gasteiger partial charge < -0.3 is 14.0 Å². The number of rotatable bonds is 10. The minimum absolute atomic E-state index is 0.138. The smallest absolute Gasteiger partial charge is 0.155 e. The minimum atomic E-state index is -1.78. The molecular formula is C10H19N3O4S. The molecule has 0 saturated heterocycles. The molecule has 1 aromatic heterocycles. The lowest BCUT2D eigenvalue weighted by molar-refractivity contribution is 0.0492. The first-order chi connectivity index (χ1) is 8.72. The van der Waals surface area contributed by atoms with E-state index in [9.17, 15) is 4.21 Å². The highest BCUT2D eigenvalue weighted by Gasteiger charge is 1.98. The number of ether oxygens (including phenoxy) is 2. The Kier molecular flexibility index (Phi) is 7.74. The number of hydrogen-bond donors (Lipinski definition) is 1. The van der Waals surface area contributed by atoms with Gasteiger partial charge in [-0.1, -0.05) is 12.1 Å². The Morgan fingerprint density at radius 1 is 1.33 bits per heavy atom. The van der Waals surface area contributed by atoms with Gasteiger partial charge in [0.15, 0.2) is 11.1 Å². The average Bonchev–Trinajstić information content (AvgIpc) is 2.80. The second-order valence-corrected chi connectivity index (χ2v) is 4.63. The highest BCUT2D eigenvalue weighted by Crippen LogP contribution is 1.93. The van der Waals surface area contributed by atoms with E-state index < -0.39 is 11.1 Å². The van der Waals surface area contributed by atoms with E-state index in [2.05, 4.69) is 10.3 Å². The first-order valence-electron chi connectivity index (χ1n) is 5.84. The maximum Gasteiger partial charge on any atom is 0.155 e. The molecule has 7 nitrogen and oxygen atoms in total. The monoisotopic (exact) mass is 277 g/mol. The van der Waals surface area contributed by atoms with E-state index in [1.54, 1.807) is 4.68 Å². The van der Waals surface area contributed by atoms with Crippen molar-refractivity contribution in [1.29, 1.82) is 0 Å². The van der Waals surface area contributed by atoms with Gasteiger partial charge in [0.25, 0.3) is 0 Å². The Hall–Kier alpha value is -0.830. The summed E-state index contributed by atoms with van der Waals surface area (Å²) in [7, 11) is 0. The lowest BCUT2D eigenvalue weighted by atomic mass is 10.4. The second-order valence-electron chi connectivity index (χ2n) is 3.58. The normalized spacial score (nSPS) is 12.8. The van der Waals surface area contributed by atoms with Gasteiger partial charge in [0.2, 0.25) is 0 Å². The maximum absolute atomic E-state index is 10.3. The summed E-state index contributed by atoms with van der Waals surface area (Å²) < 4.78 is 31.0. The molecule has 104 valence electrons. The second kappa shape index (κ2) is 9.15. The van der Waals surface area contributed by atoms with Gasteiger partial charge in [-0.3, -0.25) is 0 Å². The molecule has 0 radical (unpaired) electrons. The van der Waals surface area contributed by atoms with Crippen LogP contribution in [0.5, 0.6) is 0 Å². The van der Waals surface area contributed by atoms with Crippen molar-refractivity contribution >= 4 is 11.1 Å². The fraction of sp³-hybridized carbons (Fsp3) is 0.800. The van der Waals surface area contributed by atoms with Crippen molar-refractivity contribution < 1.29 is 18.2 Å². The third kappa shape index (κ3) is 6.80. The molecule has 0 aliphatic rings. The van der Waals surface area contributed by atoms with Crippen molar-refractivity contribution in [2.45, 2.75) is 19.9 Å². The number of aryl methyl sites for hydroxylation is 1. The van der Waals surface area contributed by atoms with Crippen LogP contribution in [0.3, 0.4) is 0 Å². The molecule has 1 N–H and O–H groups in total.